The average molecular weight is 964 g/mol. The molecule has 4 saturated heterocycles. The highest BCUT2D eigenvalue weighted by molar-refractivity contribution is 7.91. The van der Waals surface area contributed by atoms with Crippen LogP contribution in [-0.2, 0) is 77.1 Å². The van der Waals surface area contributed by atoms with Gasteiger partial charge in [0.05, 0.1) is 54.7 Å². The molecule has 366 valence electrons. The van der Waals surface area contributed by atoms with E-state index >= 15 is 0 Å². The van der Waals surface area contributed by atoms with Gasteiger partial charge in [-0.15, -0.1) is 0 Å². The lowest BCUT2D eigenvalue weighted by Crippen LogP contribution is -2.67. The van der Waals surface area contributed by atoms with Gasteiger partial charge in [0.2, 0.25) is 20.8 Å². The molecule has 9 N–H and O–H groups in total. The van der Waals surface area contributed by atoms with Crippen LogP contribution in [0.15, 0.2) is 0 Å². The Labute approximate surface area is 360 Å². The van der Waals surface area contributed by atoms with Crippen LogP contribution in [0.5, 0.6) is 0 Å². The topological polar surface area (TPSA) is 392 Å². The van der Waals surface area contributed by atoms with Gasteiger partial charge in [0.25, 0.3) is 0 Å². The summed E-state index contributed by atoms with van der Waals surface area (Å²) in [6.45, 7) is 9.29. The van der Waals surface area contributed by atoms with E-state index in [1.807, 2.05) is 11.0 Å². The maximum atomic E-state index is 12.0. The first-order chi connectivity index (χ1) is 28.8. The van der Waals surface area contributed by atoms with Gasteiger partial charge in [-0.1, -0.05) is 27.7 Å². The van der Waals surface area contributed by atoms with E-state index in [4.69, 9.17) is 43.6 Å². The Balaban J connectivity index is 1.47. The van der Waals surface area contributed by atoms with E-state index in [2.05, 4.69) is 8.57 Å². The van der Waals surface area contributed by atoms with E-state index < -0.39 is 153 Å². The van der Waals surface area contributed by atoms with E-state index in [9.17, 15) is 59.9 Å². The Hall–Kier alpha value is -0.950. The molecule has 62 heavy (non-hydrogen) atoms. The van der Waals surface area contributed by atoms with Crippen LogP contribution in [0.4, 0.5) is 0 Å². The summed E-state index contributed by atoms with van der Waals surface area (Å²) < 4.78 is 148. The van der Waals surface area contributed by atoms with E-state index in [1.165, 1.54) is 20.8 Å². The number of nitrogens with one attached hydrogen (secondary N) is 2. The number of aliphatic hydroxyl groups excluding tert-OH is 5. The normalized spacial score (nSPS) is 42.5. The Kier molecular flexibility index (Phi) is 19.6. The highest BCUT2D eigenvalue weighted by Gasteiger charge is 2.54. The Morgan fingerprint density at radius 2 is 1.03 bits per heavy atom. The van der Waals surface area contributed by atoms with E-state index in [1.54, 1.807) is 20.8 Å². The Morgan fingerprint density at radius 1 is 0.581 bits per heavy atom. The molecule has 0 spiro atoms. The second-order valence-electron chi connectivity index (χ2n) is 15.7. The predicted molar refractivity (Wildman–Crippen MR) is 203 cm³/mol. The van der Waals surface area contributed by atoms with Gasteiger partial charge in [0.1, 0.15) is 48.7 Å². The molecule has 0 amide bonds. The Bertz CT molecular complexity index is 1740. The smallest absolute Gasteiger partial charge is 0.234 e. The van der Waals surface area contributed by atoms with E-state index in [0.717, 1.165) is 0 Å². The predicted octanol–water partition coefficient (Wildman–Crippen LogP) is -4.54. The first-order valence-electron chi connectivity index (χ1n) is 20.1. The molecule has 4 aliphatic heterocycles. The minimum absolute atomic E-state index is 0.0181. The fourth-order valence-electron chi connectivity index (χ4n) is 7.65. The third kappa shape index (κ3) is 14.0. The fraction of sp³-hybridized carbons (Fsp3) is 1.00. The molecule has 8 unspecified atom stereocenters. The number of ether oxygens (including phenoxy) is 8. The van der Waals surface area contributed by atoms with Crippen molar-refractivity contribution in [2.45, 2.75) is 171 Å². The van der Waals surface area contributed by atoms with Crippen LogP contribution in [0.3, 0.4) is 0 Å². The largest absolute Gasteiger partial charge is 0.724 e. The molecular formula is C33H61N3O23S3-2. The van der Waals surface area contributed by atoms with Gasteiger partial charge in [-0.2, -0.15) is 19.5 Å². The van der Waals surface area contributed by atoms with Crippen molar-refractivity contribution < 1.29 is 106 Å². The van der Waals surface area contributed by atoms with Crippen molar-refractivity contribution in [1.82, 2.24) is 11.0 Å². The second-order valence-corrected chi connectivity index (χ2v) is 20.0. The fourth-order valence-corrected chi connectivity index (χ4v) is 9.23. The molecule has 0 radical (unpaired) electrons. The summed E-state index contributed by atoms with van der Waals surface area (Å²) in [4.78, 5) is 0. The van der Waals surface area contributed by atoms with Crippen LogP contribution < -0.4 is 16.7 Å². The van der Waals surface area contributed by atoms with Crippen molar-refractivity contribution in [1.29, 1.82) is 0 Å². The van der Waals surface area contributed by atoms with Crippen LogP contribution in [0.2, 0.25) is 0 Å². The highest BCUT2D eigenvalue weighted by atomic mass is 32.3. The lowest BCUT2D eigenvalue weighted by Gasteiger charge is -2.50. The Morgan fingerprint density at radius 3 is 1.52 bits per heavy atom. The van der Waals surface area contributed by atoms with E-state index in [-0.39, 0.29) is 43.9 Å². The molecule has 4 rings (SSSR count). The maximum absolute atomic E-state index is 12.0. The van der Waals surface area contributed by atoms with Gasteiger partial charge in [0, 0.05) is 18.4 Å². The van der Waals surface area contributed by atoms with Crippen molar-refractivity contribution in [3.8, 4) is 0 Å². The molecule has 26 nitrogen and oxygen atoms in total. The quantitative estimate of drug-likeness (QED) is 0.0232. The second kappa shape index (κ2) is 22.7. The van der Waals surface area contributed by atoms with Crippen LogP contribution >= 0.6 is 0 Å². The summed E-state index contributed by atoms with van der Waals surface area (Å²) in [6, 6.07) is -3.36. The molecule has 0 aromatic heterocycles. The molecule has 0 bridgehead atoms. The number of hydroxylamine groups is 2. The average Bonchev–Trinajstić information content (AvgIpc) is 3.18. The standard InChI is InChI=1S/C33H63N3O23S3/c1-7-18-24(39)25(40)20(35-58-61(44,45)46)32(53-18)55-28-17(6)52-31(15(4)23(28)38)57-29-19(8-2)54-33(21(26(29)41)36-59-62(47,48)49)56-27-16(5)51-30(14(3)22(27)37)50-11-9-12-60(42,43)13-10-34/h14-33,35-41H,7-13,34H2,1-6H3,(H,44,45,46)(H,47,48,49)/p-2/t14?,15?,16?,17?,18?,19?,20?,21?,22-,23-,24+,25+,26+,27+,28+,29+,30+,31-,32+,33+/m0/s1. The van der Waals surface area contributed by atoms with Gasteiger partial charge >= 0.3 is 0 Å². The zero-order chi connectivity index (χ0) is 46.5. The molecule has 20 atom stereocenters. The SMILES string of the molecule is CCC1O[C@H](O[C@@H]2C(C)O[C@@H](O[C@@H]3C(CC)O[C@H](O[C@@H]4C(C)O[C@@H](OCCCS(=O)(=O)CCN)C(C)[C@@H]4O)C(NOS(=O)(=O)[O-])[C@H]3O)C(C)[C@@H]2O)C(NOS(=O)(=O)[O-])[C@@H](O)[C@@H]1O. The lowest BCUT2D eigenvalue weighted by molar-refractivity contribution is -0.367. The monoisotopic (exact) mass is 963 g/mol. The van der Waals surface area contributed by atoms with Crippen molar-refractivity contribution in [3.63, 3.8) is 0 Å². The summed E-state index contributed by atoms with van der Waals surface area (Å²) in [5, 5.41) is 55.8. The van der Waals surface area contributed by atoms with Crippen molar-refractivity contribution >= 4 is 30.6 Å². The van der Waals surface area contributed by atoms with Crippen LogP contribution in [-0.4, -0.2) is 195 Å². The number of hydrogen-bond acceptors (Lipinski definition) is 26. The summed E-state index contributed by atoms with van der Waals surface area (Å²) in [7, 11) is -14.1. The molecule has 0 aromatic carbocycles. The van der Waals surface area contributed by atoms with Crippen molar-refractivity contribution in [3.05, 3.63) is 0 Å². The maximum Gasteiger partial charge on any atom is 0.234 e. The van der Waals surface area contributed by atoms with Gasteiger partial charge in [-0.25, -0.2) is 25.3 Å². The molecule has 4 fully saturated rings. The lowest BCUT2D eigenvalue weighted by atomic mass is 9.90. The summed E-state index contributed by atoms with van der Waals surface area (Å²) >= 11 is 0. The number of rotatable bonds is 21. The molecule has 0 aliphatic carbocycles. The van der Waals surface area contributed by atoms with Crippen LogP contribution in [0.25, 0.3) is 0 Å². The molecule has 0 aromatic rings. The first-order valence-corrected chi connectivity index (χ1v) is 24.6. The van der Waals surface area contributed by atoms with Gasteiger partial charge in [-0.05, 0) is 33.1 Å². The third-order valence-corrected chi connectivity index (χ3v) is 13.5. The van der Waals surface area contributed by atoms with Crippen LogP contribution in [0, 0.1) is 11.8 Å². The van der Waals surface area contributed by atoms with Gasteiger partial charge in [-0.3, -0.25) is 0 Å². The molecule has 0 saturated carbocycles. The minimum atomic E-state index is -5.42. The molecular weight excluding hydrogens is 903 g/mol. The molecule has 29 heteroatoms. The third-order valence-electron chi connectivity index (χ3n) is 11.2. The van der Waals surface area contributed by atoms with Gasteiger partial charge < -0.3 is 78.3 Å². The summed E-state index contributed by atoms with van der Waals surface area (Å²) in [6.07, 6.45) is -21.1. The molecule has 4 heterocycles. The highest BCUT2D eigenvalue weighted by Crippen LogP contribution is 2.37. The van der Waals surface area contributed by atoms with Crippen molar-refractivity contribution in [2.75, 3.05) is 24.7 Å². The number of hydrogen-bond donors (Lipinski definition) is 8. The minimum Gasteiger partial charge on any atom is -0.724 e. The number of aliphatic hydroxyl groups is 5. The summed E-state index contributed by atoms with van der Waals surface area (Å²) in [5.74, 6) is -2.11. The number of sulfone groups is 1. The van der Waals surface area contributed by atoms with Crippen LogP contribution in [0.1, 0.15) is 60.8 Å². The first kappa shape index (κ1) is 53.7. The van der Waals surface area contributed by atoms with Gasteiger partial charge in [0.15, 0.2) is 35.0 Å². The van der Waals surface area contributed by atoms with E-state index in [0.29, 0.717) is 0 Å². The summed E-state index contributed by atoms with van der Waals surface area (Å²) in [5.41, 5.74) is 9.16. The zero-order valence-electron chi connectivity index (χ0n) is 34.9. The molecule has 4 aliphatic rings. The van der Waals surface area contributed by atoms with Crippen molar-refractivity contribution in [2.24, 2.45) is 17.6 Å². The number of nitrogens with two attached hydrogens (primary N) is 1. The zero-order valence-corrected chi connectivity index (χ0v) is 37.3.